The predicted molar refractivity (Wildman–Crippen MR) is 70.1 cm³/mol. The van der Waals surface area contributed by atoms with Crippen LogP contribution in [0.25, 0.3) is 0 Å². The topological polar surface area (TPSA) is 72.5 Å². The lowest BCUT2D eigenvalue weighted by Gasteiger charge is -2.17. The number of esters is 1. The first-order valence-corrected chi connectivity index (χ1v) is 8.15. The normalized spacial score (nSPS) is 19.3. The van der Waals surface area contributed by atoms with Crippen LogP contribution >= 0.6 is 0 Å². The van der Waals surface area contributed by atoms with Gasteiger partial charge in [-0.2, -0.15) is 0 Å². The predicted octanol–water partition coefficient (Wildman–Crippen LogP) is 0.743. The maximum Gasteiger partial charge on any atom is 0.306 e. The fourth-order valence-corrected chi connectivity index (χ4v) is 4.56. The number of nitrogens with one attached hydrogen (secondary N) is 1. The molecule has 0 aliphatic heterocycles. The van der Waals surface area contributed by atoms with E-state index in [1.54, 1.807) is 0 Å². The van der Waals surface area contributed by atoms with E-state index in [2.05, 4.69) is 10.1 Å². The van der Waals surface area contributed by atoms with Crippen molar-refractivity contribution in [2.75, 3.05) is 25.2 Å². The van der Waals surface area contributed by atoms with Crippen LogP contribution in [0.4, 0.5) is 0 Å². The molecule has 1 N–H and O–H groups in total. The molecule has 0 aromatic carbocycles. The average molecular weight is 277 g/mol. The maximum atomic E-state index is 12.0. The van der Waals surface area contributed by atoms with Crippen molar-refractivity contribution in [2.45, 2.75) is 39.2 Å². The van der Waals surface area contributed by atoms with Crippen molar-refractivity contribution in [3.8, 4) is 0 Å². The van der Waals surface area contributed by atoms with Crippen molar-refractivity contribution in [1.29, 1.82) is 0 Å². The number of ether oxygens (including phenoxy) is 1. The van der Waals surface area contributed by atoms with Gasteiger partial charge in [-0.3, -0.25) is 4.79 Å². The quantitative estimate of drug-likeness (QED) is 0.663. The number of rotatable bonds is 8. The van der Waals surface area contributed by atoms with Crippen molar-refractivity contribution in [3.05, 3.63) is 0 Å². The third-order valence-corrected chi connectivity index (χ3v) is 5.35. The Balaban J connectivity index is 2.52. The summed E-state index contributed by atoms with van der Waals surface area (Å²) in [5.41, 5.74) is -0.349. The van der Waals surface area contributed by atoms with Crippen LogP contribution in [0.1, 0.15) is 33.1 Å². The van der Waals surface area contributed by atoms with Crippen molar-refractivity contribution < 1.29 is 17.9 Å². The Labute approximate surface area is 109 Å². The minimum atomic E-state index is -3.12. The van der Waals surface area contributed by atoms with Crippen LogP contribution in [0, 0.1) is 5.41 Å². The van der Waals surface area contributed by atoms with Gasteiger partial charge in [-0.1, -0.05) is 6.92 Å². The Morgan fingerprint density at radius 2 is 2.06 bits per heavy atom. The second kappa shape index (κ2) is 6.02. The van der Waals surface area contributed by atoms with Gasteiger partial charge in [0.05, 0.1) is 25.0 Å². The highest BCUT2D eigenvalue weighted by Crippen LogP contribution is 2.50. The molecule has 1 saturated carbocycles. The minimum Gasteiger partial charge on any atom is -0.469 e. The molecule has 0 saturated heterocycles. The Kier molecular flexibility index (Phi) is 5.16. The summed E-state index contributed by atoms with van der Waals surface area (Å²) in [6.45, 7) is 4.56. The summed E-state index contributed by atoms with van der Waals surface area (Å²) < 4.78 is 28.7. The Bertz CT molecular complexity index is 387. The molecule has 5 nitrogen and oxygen atoms in total. The molecule has 0 bridgehead atoms. The molecule has 0 heterocycles. The Hall–Kier alpha value is -0.620. The summed E-state index contributed by atoms with van der Waals surface area (Å²) in [6.07, 6.45) is 1.83. The number of sulfone groups is 1. The van der Waals surface area contributed by atoms with Crippen LogP contribution in [0.2, 0.25) is 0 Å². The van der Waals surface area contributed by atoms with Crippen molar-refractivity contribution >= 4 is 15.8 Å². The van der Waals surface area contributed by atoms with Gasteiger partial charge in [0.2, 0.25) is 0 Å². The lowest BCUT2D eigenvalue weighted by molar-refractivity contribution is -0.141. The minimum absolute atomic E-state index is 0.0473. The van der Waals surface area contributed by atoms with Gasteiger partial charge in [-0.25, -0.2) is 8.42 Å². The summed E-state index contributed by atoms with van der Waals surface area (Å²) >= 11 is 0. The standard InChI is InChI=1S/C12H23NO4S/c1-4-13-10(2)8-18(15,16)9-12(5-6-12)7-11(14)17-3/h10,13H,4-9H2,1-3H3. The second-order valence-electron chi connectivity index (χ2n) is 5.27. The second-order valence-corrected chi connectivity index (χ2v) is 7.38. The molecule has 1 fully saturated rings. The van der Waals surface area contributed by atoms with Gasteiger partial charge in [0.25, 0.3) is 0 Å². The molecule has 0 radical (unpaired) electrons. The summed E-state index contributed by atoms with van der Waals surface area (Å²) in [4.78, 5) is 11.2. The summed E-state index contributed by atoms with van der Waals surface area (Å²) in [5, 5.41) is 3.09. The third-order valence-electron chi connectivity index (χ3n) is 3.29. The van der Waals surface area contributed by atoms with Gasteiger partial charge in [0.1, 0.15) is 0 Å². The molecule has 1 atom stereocenters. The molecule has 1 rings (SSSR count). The number of carbonyl (C=O) groups is 1. The van der Waals surface area contributed by atoms with Crippen LogP contribution < -0.4 is 5.32 Å². The van der Waals surface area contributed by atoms with Crippen LogP contribution in [-0.2, 0) is 19.4 Å². The van der Waals surface area contributed by atoms with Gasteiger partial charge < -0.3 is 10.1 Å². The molecule has 1 aliphatic carbocycles. The highest BCUT2D eigenvalue weighted by molar-refractivity contribution is 7.91. The van der Waals surface area contributed by atoms with E-state index in [4.69, 9.17) is 0 Å². The average Bonchev–Trinajstić information content (AvgIpc) is 2.95. The molecule has 106 valence electrons. The number of methoxy groups -OCH3 is 1. The first-order valence-electron chi connectivity index (χ1n) is 6.33. The molecule has 0 spiro atoms. The van der Waals surface area contributed by atoms with Gasteiger partial charge >= 0.3 is 5.97 Å². The number of carbonyl (C=O) groups excluding carboxylic acids is 1. The number of hydrogen-bond donors (Lipinski definition) is 1. The van der Waals surface area contributed by atoms with E-state index in [1.807, 2.05) is 13.8 Å². The lowest BCUT2D eigenvalue weighted by atomic mass is 10.1. The molecule has 0 amide bonds. The fourth-order valence-electron chi connectivity index (χ4n) is 2.24. The van der Waals surface area contributed by atoms with Gasteiger partial charge in [0, 0.05) is 6.04 Å². The molecule has 0 aromatic rings. The van der Waals surface area contributed by atoms with E-state index >= 15 is 0 Å². The van der Waals surface area contributed by atoms with E-state index in [1.165, 1.54) is 7.11 Å². The molecular weight excluding hydrogens is 254 g/mol. The Morgan fingerprint density at radius 3 is 2.50 bits per heavy atom. The first-order chi connectivity index (χ1) is 8.32. The zero-order chi connectivity index (χ0) is 13.8. The van der Waals surface area contributed by atoms with E-state index in [-0.39, 0.29) is 35.4 Å². The monoisotopic (exact) mass is 277 g/mol. The van der Waals surface area contributed by atoms with Gasteiger partial charge in [0.15, 0.2) is 9.84 Å². The first kappa shape index (κ1) is 15.4. The van der Waals surface area contributed by atoms with Crippen molar-refractivity contribution in [3.63, 3.8) is 0 Å². The molecular formula is C12H23NO4S. The molecule has 1 unspecified atom stereocenters. The molecule has 0 aromatic heterocycles. The highest BCUT2D eigenvalue weighted by atomic mass is 32.2. The van der Waals surface area contributed by atoms with Gasteiger partial charge in [-0.05, 0) is 31.7 Å². The number of hydrogen-bond acceptors (Lipinski definition) is 5. The highest BCUT2D eigenvalue weighted by Gasteiger charge is 2.47. The van der Waals surface area contributed by atoms with E-state index in [9.17, 15) is 13.2 Å². The molecule has 18 heavy (non-hydrogen) atoms. The smallest absolute Gasteiger partial charge is 0.306 e. The molecule has 1 aliphatic rings. The lowest BCUT2D eigenvalue weighted by Crippen LogP contribution is -2.35. The van der Waals surface area contributed by atoms with E-state index < -0.39 is 9.84 Å². The van der Waals surface area contributed by atoms with Crippen LogP contribution in [0.5, 0.6) is 0 Å². The van der Waals surface area contributed by atoms with E-state index in [0.717, 1.165) is 19.4 Å². The largest absolute Gasteiger partial charge is 0.469 e. The van der Waals surface area contributed by atoms with Gasteiger partial charge in [-0.15, -0.1) is 0 Å². The molecule has 6 heteroatoms. The van der Waals surface area contributed by atoms with Crippen LogP contribution in [-0.4, -0.2) is 45.6 Å². The Morgan fingerprint density at radius 1 is 1.44 bits per heavy atom. The van der Waals surface area contributed by atoms with Crippen molar-refractivity contribution in [1.82, 2.24) is 5.32 Å². The zero-order valence-corrected chi connectivity index (χ0v) is 12.2. The summed E-state index contributed by atoms with van der Waals surface area (Å²) in [5.74, 6) is -0.0864. The van der Waals surface area contributed by atoms with Crippen LogP contribution in [0.15, 0.2) is 0 Å². The van der Waals surface area contributed by atoms with Crippen molar-refractivity contribution in [2.24, 2.45) is 5.41 Å². The SMILES string of the molecule is CCNC(C)CS(=O)(=O)CC1(CC(=O)OC)CC1. The maximum absolute atomic E-state index is 12.0. The van der Waals surface area contributed by atoms with Crippen LogP contribution in [0.3, 0.4) is 0 Å². The van der Waals surface area contributed by atoms with E-state index in [0.29, 0.717) is 0 Å². The summed E-state index contributed by atoms with van der Waals surface area (Å²) in [7, 11) is -1.79. The third kappa shape index (κ3) is 4.94. The zero-order valence-electron chi connectivity index (χ0n) is 11.4. The fraction of sp³-hybridized carbons (Fsp3) is 0.917. The summed E-state index contributed by atoms with van der Waals surface area (Å²) in [6, 6.07) is -0.0473.